The fraction of sp³-hybridized carbons (Fsp3) is 0. The number of furan rings is 1. The van der Waals surface area contributed by atoms with E-state index >= 15 is 0 Å². The van der Waals surface area contributed by atoms with E-state index in [9.17, 15) is 4.39 Å². The van der Waals surface area contributed by atoms with Gasteiger partial charge in [0.05, 0.1) is 6.26 Å². The van der Waals surface area contributed by atoms with Gasteiger partial charge in [-0.15, -0.1) is 0 Å². The van der Waals surface area contributed by atoms with Crippen molar-refractivity contribution < 1.29 is 8.81 Å². The summed E-state index contributed by atoms with van der Waals surface area (Å²) in [6.45, 7) is 0. The van der Waals surface area contributed by atoms with E-state index in [4.69, 9.17) is 4.42 Å². The molecule has 0 N–H and O–H groups in total. The van der Waals surface area contributed by atoms with Gasteiger partial charge in [-0.25, -0.2) is 4.39 Å². The number of halogens is 1. The van der Waals surface area contributed by atoms with Gasteiger partial charge in [-0.05, 0) is 35.4 Å². The summed E-state index contributed by atoms with van der Waals surface area (Å²) in [4.78, 5) is 0. The molecule has 0 saturated heterocycles. The summed E-state index contributed by atoms with van der Waals surface area (Å²) in [5.41, 5.74) is 2.64. The van der Waals surface area contributed by atoms with E-state index in [2.05, 4.69) is 0 Å². The lowest BCUT2D eigenvalue weighted by Crippen LogP contribution is -1.79. The molecule has 2 aromatic carbocycles. The smallest absolute Gasteiger partial charge is 0.134 e. The minimum absolute atomic E-state index is 0.225. The molecule has 0 unspecified atom stereocenters. The second-order valence-corrected chi connectivity index (χ2v) is 3.68. The van der Waals surface area contributed by atoms with Crippen molar-refractivity contribution in [2.24, 2.45) is 0 Å². The van der Waals surface area contributed by atoms with E-state index in [1.165, 1.54) is 12.1 Å². The fourth-order valence-electron chi connectivity index (χ4n) is 1.80. The standard InChI is InChI=1S/C14H9FO/c15-13-3-1-2-11(8-13)12-5-4-10-6-7-16-14(10)9-12/h1-9H. The molecular weight excluding hydrogens is 203 g/mol. The molecule has 1 nitrogen and oxygen atoms in total. The van der Waals surface area contributed by atoms with Crippen LogP contribution >= 0.6 is 0 Å². The third kappa shape index (κ3) is 1.48. The molecule has 1 aromatic heterocycles. The Morgan fingerprint density at radius 3 is 2.62 bits per heavy atom. The summed E-state index contributed by atoms with van der Waals surface area (Å²) in [6, 6.07) is 14.3. The van der Waals surface area contributed by atoms with Gasteiger partial charge in [0.1, 0.15) is 11.4 Å². The third-order valence-electron chi connectivity index (χ3n) is 2.61. The van der Waals surface area contributed by atoms with Gasteiger partial charge < -0.3 is 4.42 Å². The van der Waals surface area contributed by atoms with Crippen LogP contribution in [0.15, 0.2) is 59.2 Å². The Balaban J connectivity index is 2.18. The van der Waals surface area contributed by atoms with E-state index < -0.39 is 0 Å². The highest BCUT2D eigenvalue weighted by molar-refractivity contribution is 5.83. The number of hydrogen-bond donors (Lipinski definition) is 0. The fourth-order valence-corrected chi connectivity index (χ4v) is 1.80. The second-order valence-electron chi connectivity index (χ2n) is 3.68. The molecule has 0 spiro atoms. The molecule has 0 radical (unpaired) electrons. The second kappa shape index (κ2) is 3.49. The summed E-state index contributed by atoms with van der Waals surface area (Å²) < 4.78 is 18.4. The van der Waals surface area contributed by atoms with Crippen LogP contribution in [0.25, 0.3) is 22.1 Å². The van der Waals surface area contributed by atoms with Crippen LogP contribution in [0.1, 0.15) is 0 Å². The van der Waals surface area contributed by atoms with Crippen LogP contribution in [-0.4, -0.2) is 0 Å². The molecule has 1 heterocycles. The molecule has 78 valence electrons. The minimum atomic E-state index is -0.225. The van der Waals surface area contributed by atoms with Crippen molar-refractivity contribution in [3.63, 3.8) is 0 Å². The van der Waals surface area contributed by atoms with Gasteiger partial charge in [0.2, 0.25) is 0 Å². The van der Waals surface area contributed by atoms with Crippen molar-refractivity contribution in [2.75, 3.05) is 0 Å². The monoisotopic (exact) mass is 212 g/mol. The van der Waals surface area contributed by atoms with E-state index in [0.717, 1.165) is 22.1 Å². The Hall–Kier alpha value is -2.09. The molecule has 3 rings (SSSR count). The third-order valence-corrected chi connectivity index (χ3v) is 2.61. The van der Waals surface area contributed by atoms with Gasteiger partial charge in [0.25, 0.3) is 0 Å². The first-order chi connectivity index (χ1) is 7.83. The average Bonchev–Trinajstić information content (AvgIpc) is 2.75. The first-order valence-corrected chi connectivity index (χ1v) is 5.06. The zero-order valence-electron chi connectivity index (χ0n) is 8.48. The van der Waals surface area contributed by atoms with Gasteiger partial charge in [-0.3, -0.25) is 0 Å². The summed E-state index contributed by atoms with van der Waals surface area (Å²) in [5.74, 6) is -0.225. The van der Waals surface area contributed by atoms with Gasteiger partial charge in [-0.1, -0.05) is 24.3 Å². The summed E-state index contributed by atoms with van der Waals surface area (Å²) in [6.07, 6.45) is 1.65. The molecule has 0 aliphatic rings. The molecule has 0 aliphatic carbocycles. The van der Waals surface area contributed by atoms with Crippen molar-refractivity contribution in [3.05, 3.63) is 60.6 Å². The van der Waals surface area contributed by atoms with Crippen LogP contribution in [-0.2, 0) is 0 Å². The quantitative estimate of drug-likeness (QED) is 0.588. The molecule has 3 aromatic rings. The van der Waals surface area contributed by atoms with E-state index in [-0.39, 0.29) is 5.82 Å². The molecule has 2 heteroatoms. The molecule has 0 amide bonds. The van der Waals surface area contributed by atoms with Crippen molar-refractivity contribution in [1.82, 2.24) is 0 Å². The Bertz CT molecular complexity index is 640. The van der Waals surface area contributed by atoms with E-state index in [1.807, 2.05) is 30.3 Å². The van der Waals surface area contributed by atoms with Crippen LogP contribution in [0, 0.1) is 5.82 Å². The number of hydrogen-bond acceptors (Lipinski definition) is 1. The number of rotatable bonds is 1. The van der Waals surface area contributed by atoms with Gasteiger partial charge >= 0.3 is 0 Å². The summed E-state index contributed by atoms with van der Waals surface area (Å²) >= 11 is 0. The van der Waals surface area contributed by atoms with Crippen LogP contribution in [0.2, 0.25) is 0 Å². The predicted octanol–water partition coefficient (Wildman–Crippen LogP) is 4.24. The highest BCUT2D eigenvalue weighted by Crippen LogP contribution is 2.25. The van der Waals surface area contributed by atoms with Crippen molar-refractivity contribution >= 4 is 11.0 Å². The maximum absolute atomic E-state index is 13.1. The van der Waals surface area contributed by atoms with E-state index in [0.29, 0.717) is 0 Å². The molecule has 0 fully saturated rings. The Labute approximate surface area is 92.1 Å². The van der Waals surface area contributed by atoms with Gasteiger partial charge in [0, 0.05) is 5.39 Å². The first-order valence-electron chi connectivity index (χ1n) is 5.06. The SMILES string of the molecule is Fc1cccc(-c2ccc3ccoc3c2)c1. The molecule has 16 heavy (non-hydrogen) atoms. The maximum Gasteiger partial charge on any atom is 0.134 e. The maximum atomic E-state index is 13.1. The Morgan fingerprint density at radius 1 is 0.875 bits per heavy atom. The summed E-state index contributed by atoms with van der Waals surface area (Å²) in [5, 5.41) is 1.06. The van der Waals surface area contributed by atoms with Crippen LogP contribution in [0.5, 0.6) is 0 Å². The topological polar surface area (TPSA) is 13.1 Å². The first kappa shape index (κ1) is 9.16. The highest BCUT2D eigenvalue weighted by Gasteiger charge is 2.02. The largest absolute Gasteiger partial charge is 0.464 e. The van der Waals surface area contributed by atoms with E-state index in [1.54, 1.807) is 12.3 Å². The van der Waals surface area contributed by atoms with Gasteiger partial charge in [0.15, 0.2) is 0 Å². The van der Waals surface area contributed by atoms with Gasteiger partial charge in [-0.2, -0.15) is 0 Å². The van der Waals surface area contributed by atoms with Crippen molar-refractivity contribution in [3.8, 4) is 11.1 Å². The molecule has 0 bridgehead atoms. The lowest BCUT2D eigenvalue weighted by atomic mass is 10.0. The summed E-state index contributed by atoms with van der Waals surface area (Å²) in [7, 11) is 0. The molecule has 0 saturated carbocycles. The van der Waals surface area contributed by atoms with Crippen LogP contribution < -0.4 is 0 Å². The zero-order valence-corrected chi connectivity index (χ0v) is 8.48. The normalized spacial score (nSPS) is 10.8. The number of benzene rings is 2. The van der Waals surface area contributed by atoms with Crippen LogP contribution in [0.4, 0.5) is 4.39 Å². The van der Waals surface area contributed by atoms with Crippen LogP contribution in [0.3, 0.4) is 0 Å². The number of fused-ring (bicyclic) bond motifs is 1. The minimum Gasteiger partial charge on any atom is -0.464 e. The molecular formula is C14H9FO. The molecule has 0 atom stereocenters. The Kier molecular flexibility index (Phi) is 2.00. The Morgan fingerprint density at radius 2 is 1.75 bits per heavy atom. The lowest BCUT2D eigenvalue weighted by molar-refractivity contribution is 0.616. The van der Waals surface area contributed by atoms with Crippen molar-refractivity contribution in [2.45, 2.75) is 0 Å². The zero-order chi connectivity index (χ0) is 11.0. The molecule has 0 aliphatic heterocycles. The highest BCUT2D eigenvalue weighted by atomic mass is 19.1. The average molecular weight is 212 g/mol. The predicted molar refractivity (Wildman–Crippen MR) is 61.6 cm³/mol. The lowest BCUT2D eigenvalue weighted by Gasteiger charge is -2.01. The van der Waals surface area contributed by atoms with Crippen molar-refractivity contribution in [1.29, 1.82) is 0 Å².